The average Bonchev–Trinajstić information content (AvgIpc) is 2.81. The minimum Gasteiger partial charge on any atom is -0.497 e. The van der Waals surface area contributed by atoms with Crippen LogP contribution in [0.5, 0.6) is 5.75 Å². The summed E-state index contributed by atoms with van der Waals surface area (Å²) < 4.78 is 5.22. The quantitative estimate of drug-likeness (QED) is 0.555. The van der Waals surface area contributed by atoms with Crippen LogP contribution in [-0.4, -0.2) is 54.2 Å². The van der Waals surface area contributed by atoms with Crippen molar-refractivity contribution in [2.45, 2.75) is 31.4 Å². The maximum atomic E-state index is 12.8. The molecule has 3 atom stereocenters. The number of nitrogens with zero attached hydrogens (tertiary/aromatic N) is 1. The Hall–Kier alpha value is -2.26. The van der Waals surface area contributed by atoms with Crippen molar-refractivity contribution in [3.05, 3.63) is 58.6 Å². The number of carbonyl (C=O) groups excluding carboxylic acids is 2. The number of methoxy groups -OCH3 is 1. The number of amides is 2. The van der Waals surface area contributed by atoms with Crippen molar-refractivity contribution >= 4 is 40.9 Å². The Balaban J connectivity index is 1.24. The molecule has 4 rings (SSSR count). The van der Waals surface area contributed by atoms with Crippen molar-refractivity contribution in [3.8, 4) is 5.75 Å². The van der Waals surface area contributed by atoms with Crippen LogP contribution in [0.15, 0.2) is 42.5 Å². The number of fused-ring (bicyclic) bond motifs is 1. The predicted molar refractivity (Wildman–Crippen MR) is 133 cm³/mol. The highest BCUT2D eigenvalue weighted by molar-refractivity contribution is 8.00. The molecule has 3 unspecified atom stereocenters. The lowest BCUT2D eigenvalue weighted by molar-refractivity contribution is -0.130. The normalized spacial score (nSPS) is 22.9. The summed E-state index contributed by atoms with van der Waals surface area (Å²) in [6, 6.07) is 13.6. The highest BCUT2D eigenvalue weighted by Gasteiger charge is 2.39. The molecule has 33 heavy (non-hydrogen) atoms. The summed E-state index contributed by atoms with van der Waals surface area (Å²) in [6.07, 6.45) is 0.888. The van der Waals surface area contributed by atoms with Gasteiger partial charge in [0, 0.05) is 36.4 Å². The van der Waals surface area contributed by atoms with Crippen LogP contribution < -0.4 is 20.7 Å². The number of piperidine rings is 1. The molecule has 2 aromatic carbocycles. The van der Waals surface area contributed by atoms with Gasteiger partial charge in [0.15, 0.2) is 0 Å². The predicted octanol–water partition coefficient (Wildman–Crippen LogP) is 3.22. The fraction of sp³-hybridized carbons (Fsp3) is 0.417. The molecule has 176 valence electrons. The summed E-state index contributed by atoms with van der Waals surface area (Å²) >= 11 is 7.51. The lowest BCUT2D eigenvalue weighted by Crippen LogP contribution is -2.64. The maximum Gasteiger partial charge on any atom is 0.234 e. The number of nitrogens with one attached hydrogen (secondary N) is 3. The van der Waals surface area contributed by atoms with Crippen molar-refractivity contribution in [1.29, 1.82) is 0 Å². The Labute approximate surface area is 203 Å². The van der Waals surface area contributed by atoms with Crippen molar-refractivity contribution in [2.24, 2.45) is 5.92 Å². The molecular weight excluding hydrogens is 460 g/mol. The van der Waals surface area contributed by atoms with E-state index in [1.807, 2.05) is 31.2 Å². The summed E-state index contributed by atoms with van der Waals surface area (Å²) in [5.74, 6) is 0.879. The minimum absolute atomic E-state index is 0.0430. The monoisotopic (exact) mass is 488 g/mol. The number of halogens is 1. The van der Waals surface area contributed by atoms with E-state index in [2.05, 4.69) is 33.0 Å². The van der Waals surface area contributed by atoms with Gasteiger partial charge in [0.25, 0.3) is 0 Å². The fourth-order valence-electron chi connectivity index (χ4n) is 4.21. The molecule has 0 radical (unpaired) electrons. The van der Waals surface area contributed by atoms with Gasteiger partial charge < -0.3 is 15.4 Å². The highest BCUT2D eigenvalue weighted by atomic mass is 35.5. The van der Waals surface area contributed by atoms with Crippen LogP contribution in [0.1, 0.15) is 17.5 Å². The van der Waals surface area contributed by atoms with E-state index in [1.54, 1.807) is 13.2 Å². The number of benzene rings is 2. The zero-order valence-electron chi connectivity index (χ0n) is 18.8. The van der Waals surface area contributed by atoms with Crippen LogP contribution >= 0.6 is 23.4 Å². The van der Waals surface area contributed by atoms with E-state index in [0.29, 0.717) is 17.3 Å². The van der Waals surface area contributed by atoms with E-state index < -0.39 is 0 Å². The number of hydrogen-bond acceptors (Lipinski definition) is 6. The summed E-state index contributed by atoms with van der Waals surface area (Å²) in [4.78, 5) is 27.5. The van der Waals surface area contributed by atoms with Crippen molar-refractivity contribution in [2.75, 3.05) is 31.3 Å². The van der Waals surface area contributed by atoms with Gasteiger partial charge in [-0.15, -0.1) is 11.8 Å². The summed E-state index contributed by atoms with van der Waals surface area (Å²) in [5, 5.41) is 10.00. The Bertz CT molecular complexity index is 1000. The summed E-state index contributed by atoms with van der Waals surface area (Å²) in [7, 11) is 1.66. The third-order valence-electron chi connectivity index (χ3n) is 6.07. The second-order valence-electron chi connectivity index (χ2n) is 8.46. The van der Waals surface area contributed by atoms with E-state index in [9.17, 15) is 9.59 Å². The fourth-order valence-corrected chi connectivity index (χ4v) is 5.25. The molecule has 0 bridgehead atoms. The minimum atomic E-state index is -0.278. The van der Waals surface area contributed by atoms with Crippen molar-refractivity contribution in [1.82, 2.24) is 15.5 Å². The third kappa shape index (κ3) is 6.20. The van der Waals surface area contributed by atoms with E-state index in [0.717, 1.165) is 30.8 Å². The molecule has 2 aromatic rings. The average molecular weight is 489 g/mol. The highest BCUT2D eigenvalue weighted by Crippen LogP contribution is 2.26. The van der Waals surface area contributed by atoms with Crippen LogP contribution in [0.3, 0.4) is 0 Å². The molecule has 0 spiro atoms. The first kappa shape index (κ1) is 23.9. The number of ether oxygens (including phenoxy) is 1. The standard InChI is InChI=1S/C24H29ClN4O3S/c1-15-3-6-17(11-20(15)25)26-22(30)14-33-24-27-21-9-10-29(13-19(21)23(31)28-24)12-16-4-7-18(32-2)8-5-16/h3-8,11,19,21,24,27H,9-10,12-14H2,1-2H3,(H,26,30)(H,28,31). The topological polar surface area (TPSA) is 82.7 Å². The SMILES string of the molecule is COc1ccc(CN2CCC3NC(SCC(=O)Nc4ccc(C)c(Cl)c4)NC(=O)C3C2)cc1. The van der Waals surface area contributed by atoms with Gasteiger partial charge >= 0.3 is 0 Å². The molecule has 2 heterocycles. The van der Waals surface area contributed by atoms with Crippen LogP contribution in [0, 0.1) is 12.8 Å². The number of thioether (sulfide) groups is 1. The van der Waals surface area contributed by atoms with Gasteiger partial charge in [0.2, 0.25) is 11.8 Å². The van der Waals surface area contributed by atoms with Crippen LogP contribution in [0.2, 0.25) is 5.02 Å². The summed E-state index contributed by atoms with van der Waals surface area (Å²) in [5.41, 5.74) is 2.55. The van der Waals surface area contributed by atoms with Gasteiger partial charge in [0.05, 0.1) is 18.8 Å². The van der Waals surface area contributed by atoms with Gasteiger partial charge in [-0.25, -0.2) is 0 Å². The Morgan fingerprint density at radius 3 is 2.79 bits per heavy atom. The molecule has 2 fully saturated rings. The van der Waals surface area contributed by atoms with Gasteiger partial charge in [0.1, 0.15) is 11.2 Å². The third-order valence-corrected chi connectivity index (χ3v) is 7.50. The van der Waals surface area contributed by atoms with Crippen LogP contribution in [0.25, 0.3) is 0 Å². The molecule has 2 aliphatic rings. The van der Waals surface area contributed by atoms with E-state index in [4.69, 9.17) is 16.3 Å². The first-order chi connectivity index (χ1) is 15.9. The van der Waals surface area contributed by atoms with E-state index in [-0.39, 0.29) is 35.0 Å². The van der Waals surface area contributed by atoms with Crippen molar-refractivity contribution < 1.29 is 14.3 Å². The van der Waals surface area contributed by atoms with Crippen molar-refractivity contribution in [3.63, 3.8) is 0 Å². The lowest BCUT2D eigenvalue weighted by Gasteiger charge is -2.43. The molecule has 2 amide bonds. The van der Waals surface area contributed by atoms with E-state index >= 15 is 0 Å². The first-order valence-electron chi connectivity index (χ1n) is 11.0. The Morgan fingerprint density at radius 1 is 1.27 bits per heavy atom. The van der Waals surface area contributed by atoms with Gasteiger partial charge in [-0.3, -0.25) is 19.8 Å². The van der Waals surface area contributed by atoms with Gasteiger partial charge in [-0.1, -0.05) is 29.8 Å². The Kier molecular flexibility index (Phi) is 7.80. The molecule has 0 aliphatic carbocycles. The summed E-state index contributed by atoms with van der Waals surface area (Å²) in [6.45, 7) is 4.35. The van der Waals surface area contributed by atoms with Crippen LogP contribution in [-0.2, 0) is 16.1 Å². The molecule has 2 saturated heterocycles. The lowest BCUT2D eigenvalue weighted by atomic mass is 9.89. The molecule has 0 aromatic heterocycles. The van der Waals surface area contributed by atoms with E-state index in [1.165, 1.54) is 17.3 Å². The smallest absolute Gasteiger partial charge is 0.234 e. The molecule has 7 nitrogen and oxygen atoms in total. The number of hydrogen-bond donors (Lipinski definition) is 3. The first-order valence-corrected chi connectivity index (χ1v) is 12.4. The second-order valence-corrected chi connectivity index (χ2v) is 9.96. The number of rotatable bonds is 7. The largest absolute Gasteiger partial charge is 0.497 e. The number of carbonyl (C=O) groups is 2. The number of anilines is 1. The number of likely N-dealkylation sites (tertiary alicyclic amines) is 1. The molecule has 3 N–H and O–H groups in total. The molecule has 9 heteroatoms. The second kappa shape index (κ2) is 10.8. The number of aryl methyl sites for hydroxylation is 1. The maximum absolute atomic E-state index is 12.8. The zero-order valence-corrected chi connectivity index (χ0v) is 20.3. The molecule has 2 aliphatic heterocycles. The van der Waals surface area contributed by atoms with Gasteiger partial charge in [-0.05, 0) is 48.7 Å². The molecule has 0 saturated carbocycles. The molecular formula is C24H29ClN4O3S. The van der Waals surface area contributed by atoms with Crippen LogP contribution in [0.4, 0.5) is 5.69 Å². The van der Waals surface area contributed by atoms with Gasteiger partial charge in [-0.2, -0.15) is 0 Å². The Morgan fingerprint density at radius 2 is 2.06 bits per heavy atom. The zero-order chi connectivity index (χ0) is 23.4.